The molecule has 1 aromatic rings. The SMILES string of the molecule is CCOC(=O)c1c(C(F)(F)F)ncc(C(=O)O)c1C(C)C. The van der Waals surface area contributed by atoms with Gasteiger partial charge >= 0.3 is 18.1 Å². The highest BCUT2D eigenvalue weighted by atomic mass is 19.4. The average molecular weight is 305 g/mol. The van der Waals surface area contributed by atoms with Crippen LogP contribution in [0.25, 0.3) is 0 Å². The van der Waals surface area contributed by atoms with Crippen molar-refractivity contribution >= 4 is 11.9 Å². The third kappa shape index (κ3) is 3.50. The first-order valence-electron chi connectivity index (χ1n) is 6.11. The van der Waals surface area contributed by atoms with Gasteiger partial charge < -0.3 is 9.84 Å². The zero-order valence-electron chi connectivity index (χ0n) is 11.6. The number of alkyl halides is 3. The molecule has 0 unspecified atom stereocenters. The molecule has 0 fully saturated rings. The fourth-order valence-electron chi connectivity index (χ4n) is 1.92. The Morgan fingerprint density at radius 2 is 1.95 bits per heavy atom. The normalized spacial score (nSPS) is 11.6. The number of rotatable bonds is 4. The predicted octanol–water partition coefficient (Wildman–Crippen LogP) is 3.10. The fraction of sp³-hybridized carbons (Fsp3) is 0.462. The molecule has 0 aliphatic rings. The molecule has 1 rings (SSSR count). The van der Waals surface area contributed by atoms with Crippen LogP contribution in [0, 0.1) is 0 Å². The van der Waals surface area contributed by atoms with Crippen molar-refractivity contribution in [2.45, 2.75) is 32.9 Å². The number of nitrogens with zero attached hydrogens (tertiary/aromatic N) is 1. The van der Waals surface area contributed by atoms with Gasteiger partial charge in [-0.1, -0.05) is 13.8 Å². The minimum absolute atomic E-state index is 0.134. The second-order valence-electron chi connectivity index (χ2n) is 4.49. The number of aromatic carboxylic acids is 1. The Kier molecular flexibility index (Phi) is 4.93. The van der Waals surface area contributed by atoms with Crippen LogP contribution in [-0.4, -0.2) is 28.6 Å². The maximum absolute atomic E-state index is 13.0. The van der Waals surface area contributed by atoms with E-state index in [1.54, 1.807) is 0 Å². The van der Waals surface area contributed by atoms with E-state index in [1.165, 1.54) is 20.8 Å². The number of hydrogen-bond acceptors (Lipinski definition) is 4. The van der Waals surface area contributed by atoms with E-state index in [-0.39, 0.29) is 12.2 Å². The van der Waals surface area contributed by atoms with Crippen LogP contribution in [-0.2, 0) is 10.9 Å². The van der Waals surface area contributed by atoms with Gasteiger partial charge in [-0.15, -0.1) is 0 Å². The number of carbonyl (C=O) groups is 2. The van der Waals surface area contributed by atoms with Crippen molar-refractivity contribution in [2.75, 3.05) is 6.61 Å². The summed E-state index contributed by atoms with van der Waals surface area (Å²) in [4.78, 5) is 26.1. The molecule has 0 aliphatic carbocycles. The number of carboxylic acid groups (broad SMARTS) is 1. The Balaban J connectivity index is 3.75. The van der Waals surface area contributed by atoms with Crippen molar-refractivity contribution in [1.82, 2.24) is 4.98 Å². The maximum atomic E-state index is 13.0. The summed E-state index contributed by atoms with van der Waals surface area (Å²) in [6.45, 7) is 4.29. The average Bonchev–Trinajstić information content (AvgIpc) is 2.35. The summed E-state index contributed by atoms with van der Waals surface area (Å²) >= 11 is 0. The Hall–Kier alpha value is -2.12. The van der Waals surface area contributed by atoms with Gasteiger partial charge in [-0.05, 0) is 18.4 Å². The molecule has 0 spiro atoms. The Morgan fingerprint density at radius 1 is 1.38 bits per heavy atom. The summed E-state index contributed by atoms with van der Waals surface area (Å²) in [6, 6.07) is 0. The first-order valence-corrected chi connectivity index (χ1v) is 6.11. The Morgan fingerprint density at radius 3 is 2.33 bits per heavy atom. The summed E-state index contributed by atoms with van der Waals surface area (Å²) in [5.41, 5.74) is -2.95. The first kappa shape index (κ1) is 16.9. The summed E-state index contributed by atoms with van der Waals surface area (Å²) in [5.74, 6) is -3.31. The van der Waals surface area contributed by atoms with Gasteiger partial charge in [0.2, 0.25) is 0 Å². The minimum atomic E-state index is -4.89. The molecule has 1 aromatic heterocycles. The fourth-order valence-corrected chi connectivity index (χ4v) is 1.92. The van der Waals surface area contributed by atoms with Crippen molar-refractivity contribution in [3.05, 3.63) is 28.6 Å². The molecule has 116 valence electrons. The number of aromatic nitrogens is 1. The van der Waals surface area contributed by atoms with E-state index in [0.29, 0.717) is 6.20 Å². The lowest BCUT2D eigenvalue weighted by Crippen LogP contribution is -2.22. The van der Waals surface area contributed by atoms with E-state index in [2.05, 4.69) is 9.72 Å². The van der Waals surface area contributed by atoms with E-state index in [1.807, 2.05) is 0 Å². The molecule has 5 nitrogen and oxygen atoms in total. The molecular weight excluding hydrogens is 291 g/mol. The topological polar surface area (TPSA) is 76.5 Å². The van der Waals surface area contributed by atoms with Crippen LogP contribution >= 0.6 is 0 Å². The molecule has 0 bridgehead atoms. The summed E-state index contributed by atoms with van der Waals surface area (Å²) in [7, 11) is 0. The number of pyridine rings is 1. The summed E-state index contributed by atoms with van der Waals surface area (Å²) < 4.78 is 43.6. The van der Waals surface area contributed by atoms with Crippen molar-refractivity contribution < 1.29 is 32.6 Å². The number of ether oxygens (including phenoxy) is 1. The summed E-state index contributed by atoms with van der Waals surface area (Å²) in [5, 5.41) is 9.07. The van der Waals surface area contributed by atoms with Gasteiger partial charge in [0.1, 0.15) is 0 Å². The standard InChI is InChI=1S/C13H14F3NO4/c1-4-21-12(20)9-8(6(2)3)7(11(18)19)5-17-10(9)13(14,15)16/h5-6H,4H2,1-3H3,(H,18,19). The van der Waals surface area contributed by atoms with Gasteiger partial charge in [0.15, 0.2) is 5.69 Å². The van der Waals surface area contributed by atoms with E-state index in [4.69, 9.17) is 5.11 Å². The largest absolute Gasteiger partial charge is 0.478 e. The zero-order valence-corrected chi connectivity index (χ0v) is 11.6. The van der Waals surface area contributed by atoms with Crippen LogP contribution in [0.1, 0.15) is 58.7 Å². The van der Waals surface area contributed by atoms with E-state index < -0.39 is 40.9 Å². The van der Waals surface area contributed by atoms with Crippen LogP contribution < -0.4 is 0 Å². The first-order chi connectivity index (χ1) is 9.61. The summed E-state index contributed by atoms with van der Waals surface area (Å²) in [6.07, 6.45) is -4.27. The van der Waals surface area contributed by atoms with Crippen LogP contribution in [0.15, 0.2) is 6.20 Å². The molecule has 0 aliphatic heterocycles. The highest BCUT2D eigenvalue weighted by molar-refractivity contribution is 5.98. The van der Waals surface area contributed by atoms with Gasteiger partial charge in [-0.3, -0.25) is 4.98 Å². The smallest absolute Gasteiger partial charge is 0.434 e. The molecule has 1 N–H and O–H groups in total. The zero-order chi connectivity index (χ0) is 16.4. The molecule has 0 amide bonds. The van der Waals surface area contributed by atoms with Crippen molar-refractivity contribution in [2.24, 2.45) is 0 Å². The van der Waals surface area contributed by atoms with Crippen LogP contribution in [0.2, 0.25) is 0 Å². The third-order valence-corrected chi connectivity index (χ3v) is 2.67. The van der Waals surface area contributed by atoms with E-state index in [9.17, 15) is 22.8 Å². The van der Waals surface area contributed by atoms with Crippen LogP contribution in [0.4, 0.5) is 13.2 Å². The van der Waals surface area contributed by atoms with Gasteiger partial charge in [-0.25, -0.2) is 9.59 Å². The molecule has 0 aromatic carbocycles. The highest BCUT2D eigenvalue weighted by Crippen LogP contribution is 2.35. The molecule has 0 saturated heterocycles. The lowest BCUT2D eigenvalue weighted by molar-refractivity contribution is -0.141. The number of esters is 1. The van der Waals surface area contributed by atoms with Crippen molar-refractivity contribution in [3.63, 3.8) is 0 Å². The molecule has 0 radical (unpaired) electrons. The van der Waals surface area contributed by atoms with Crippen molar-refractivity contribution in [1.29, 1.82) is 0 Å². The molecule has 21 heavy (non-hydrogen) atoms. The van der Waals surface area contributed by atoms with E-state index >= 15 is 0 Å². The van der Waals surface area contributed by atoms with E-state index in [0.717, 1.165) is 0 Å². The predicted molar refractivity (Wildman–Crippen MR) is 66.2 cm³/mol. The lowest BCUT2D eigenvalue weighted by atomic mass is 9.91. The molecule has 8 heteroatoms. The van der Waals surface area contributed by atoms with Crippen molar-refractivity contribution in [3.8, 4) is 0 Å². The monoisotopic (exact) mass is 305 g/mol. The van der Waals surface area contributed by atoms with Gasteiger partial charge in [-0.2, -0.15) is 13.2 Å². The van der Waals surface area contributed by atoms with Gasteiger partial charge in [0, 0.05) is 6.20 Å². The molecule has 1 heterocycles. The maximum Gasteiger partial charge on any atom is 0.434 e. The number of carbonyl (C=O) groups excluding carboxylic acids is 1. The minimum Gasteiger partial charge on any atom is -0.478 e. The number of carboxylic acids is 1. The number of halogens is 3. The second kappa shape index (κ2) is 6.11. The third-order valence-electron chi connectivity index (χ3n) is 2.67. The van der Waals surface area contributed by atoms with Crippen LogP contribution in [0.3, 0.4) is 0 Å². The highest BCUT2D eigenvalue weighted by Gasteiger charge is 2.40. The lowest BCUT2D eigenvalue weighted by Gasteiger charge is -2.18. The van der Waals surface area contributed by atoms with Gasteiger partial charge in [0.05, 0.1) is 17.7 Å². The second-order valence-corrected chi connectivity index (χ2v) is 4.49. The Labute approximate surface area is 118 Å². The Bertz CT molecular complexity index is 567. The quantitative estimate of drug-likeness (QED) is 0.865. The van der Waals surface area contributed by atoms with Crippen LogP contribution in [0.5, 0.6) is 0 Å². The molecule has 0 saturated carbocycles. The van der Waals surface area contributed by atoms with Gasteiger partial charge in [0.25, 0.3) is 0 Å². The molecular formula is C13H14F3NO4. The number of hydrogen-bond donors (Lipinski definition) is 1. The molecule has 0 atom stereocenters.